The smallest absolute Gasteiger partial charge is 0.306 e. The molecule has 22 heavy (non-hydrogen) atoms. The average molecular weight is 305 g/mol. The zero-order chi connectivity index (χ0) is 15.5. The molecule has 0 saturated heterocycles. The number of hydrogen-bond acceptors (Lipinski definition) is 3. The van der Waals surface area contributed by atoms with E-state index in [1.54, 1.807) is 0 Å². The average Bonchev–Trinajstić information content (AvgIpc) is 3.10. The maximum atomic E-state index is 12.8. The van der Waals surface area contributed by atoms with Gasteiger partial charge in [0.15, 0.2) is 6.61 Å². The van der Waals surface area contributed by atoms with Gasteiger partial charge >= 0.3 is 5.97 Å². The van der Waals surface area contributed by atoms with Crippen molar-refractivity contribution in [3.05, 3.63) is 30.1 Å². The summed E-state index contributed by atoms with van der Waals surface area (Å²) in [6.45, 7) is -0.295. The van der Waals surface area contributed by atoms with Crippen LogP contribution in [0.15, 0.2) is 24.3 Å². The molecule has 4 nitrogen and oxygen atoms in total. The number of carbonyl (C=O) groups is 2. The van der Waals surface area contributed by atoms with Crippen LogP contribution in [-0.2, 0) is 14.3 Å². The largest absolute Gasteiger partial charge is 0.456 e. The molecule has 0 heterocycles. The first-order valence-electron chi connectivity index (χ1n) is 7.81. The number of anilines is 1. The van der Waals surface area contributed by atoms with E-state index in [0.29, 0.717) is 23.9 Å². The maximum Gasteiger partial charge on any atom is 0.306 e. The number of ether oxygens (including phenoxy) is 1. The predicted octanol–water partition coefficient (Wildman–Crippen LogP) is 3.13. The van der Waals surface area contributed by atoms with Gasteiger partial charge in [0.25, 0.3) is 5.91 Å². The summed E-state index contributed by atoms with van der Waals surface area (Å²) >= 11 is 0. The van der Waals surface area contributed by atoms with E-state index in [-0.39, 0.29) is 18.4 Å². The van der Waals surface area contributed by atoms with E-state index in [1.165, 1.54) is 43.5 Å². The number of rotatable bonds is 5. The quantitative estimate of drug-likeness (QED) is 0.850. The number of fused-ring (bicyclic) bond motifs is 2. The molecule has 2 aliphatic rings. The SMILES string of the molecule is O=C(COC(=O)C[C@H]1C[C@H]2CC[C@@H]1C2)Nc1ccc(F)cc1. The molecule has 2 aliphatic carbocycles. The van der Waals surface area contributed by atoms with Gasteiger partial charge in [0.2, 0.25) is 0 Å². The molecule has 3 rings (SSSR count). The summed E-state index contributed by atoms with van der Waals surface area (Å²) in [7, 11) is 0. The van der Waals surface area contributed by atoms with Gasteiger partial charge < -0.3 is 10.1 Å². The van der Waals surface area contributed by atoms with Crippen LogP contribution < -0.4 is 5.32 Å². The third-order valence-corrected chi connectivity index (χ3v) is 4.81. The number of nitrogens with one attached hydrogen (secondary N) is 1. The van der Waals surface area contributed by atoms with Crippen LogP contribution in [0.25, 0.3) is 0 Å². The van der Waals surface area contributed by atoms with Crippen LogP contribution in [0.3, 0.4) is 0 Å². The van der Waals surface area contributed by atoms with E-state index >= 15 is 0 Å². The van der Waals surface area contributed by atoms with Gasteiger partial charge in [-0.2, -0.15) is 0 Å². The van der Waals surface area contributed by atoms with Gasteiger partial charge in [-0.25, -0.2) is 4.39 Å². The fourth-order valence-corrected chi connectivity index (χ4v) is 3.78. The summed E-state index contributed by atoms with van der Waals surface area (Å²) in [6, 6.07) is 5.45. The summed E-state index contributed by atoms with van der Waals surface area (Å²) in [5.41, 5.74) is 0.482. The van der Waals surface area contributed by atoms with Crippen LogP contribution in [-0.4, -0.2) is 18.5 Å². The first kappa shape index (κ1) is 15.0. The van der Waals surface area contributed by atoms with Gasteiger partial charge in [0.1, 0.15) is 5.82 Å². The second kappa shape index (κ2) is 6.46. The Bertz CT molecular complexity index is 558. The van der Waals surface area contributed by atoms with E-state index in [9.17, 15) is 14.0 Å². The van der Waals surface area contributed by atoms with E-state index in [2.05, 4.69) is 5.32 Å². The molecule has 1 aromatic rings. The number of halogens is 1. The summed E-state index contributed by atoms with van der Waals surface area (Å²) in [6.07, 6.45) is 5.33. The first-order valence-corrected chi connectivity index (χ1v) is 7.81. The Balaban J connectivity index is 1.39. The molecule has 0 aliphatic heterocycles. The molecule has 0 unspecified atom stereocenters. The van der Waals surface area contributed by atoms with Crippen molar-refractivity contribution in [3.8, 4) is 0 Å². The lowest BCUT2D eigenvalue weighted by Crippen LogP contribution is -2.23. The molecule has 0 spiro atoms. The number of hydrogen-bond donors (Lipinski definition) is 1. The van der Waals surface area contributed by atoms with Crippen molar-refractivity contribution in [1.82, 2.24) is 0 Å². The molecule has 5 heteroatoms. The molecule has 1 aromatic carbocycles. The standard InChI is InChI=1S/C17H20FNO3/c18-14-3-5-15(6-4-14)19-16(20)10-22-17(21)9-13-8-11-1-2-12(13)7-11/h3-6,11-13H,1-2,7-10H2,(H,19,20)/t11-,12+,13+/m0/s1. The van der Waals surface area contributed by atoms with Gasteiger partial charge in [-0.1, -0.05) is 6.42 Å². The monoisotopic (exact) mass is 305 g/mol. The van der Waals surface area contributed by atoms with Crippen molar-refractivity contribution in [3.63, 3.8) is 0 Å². The fraction of sp³-hybridized carbons (Fsp3) is 0.529. The minimum absolute atomic E-state index is 0.295. The van der Waals surface area contributed by atoms with Crippen molar-refractivity contribution in [1.29, 1.82) is 0 Å². The lowest BCUT2D eigenvalue weighted by atomic mass is 9.86. The highest BCUT2D eigenvalue weighted by molar-refractivity contribution is 5.92. The number of amides is 1. The Morgan fingerprint density at radius 1 is 1.18 bits per heavy atom. The first-order chi connectivity index (χ1) is 10.6. The second-order valence-corrected chi connectivity index (χ2v) is 6.35. The predicted molar refractivity (Wildman–Crippen MR) is 79.5 cm³/mol. The number of esters is 1. The van der Waals surface area contributed by atoms with Crippen molar-refractivity contribution >= 4 is 17.6 Å². The topological polar surface area (TPSA) is 55.4 Å². The molecule has 0 radical (unpaired) electrons. The van der Waals surface area contributed by atoms with Crippen LogP contribution in [0.1, 0.15) is 32.1 Å². The van der Waals surface area contributed by atoms with Gasteiger partial charge in [-0.15, -0.1) is 0 Å². The third kappa shape index (κ3) is 3.64. The van der Waals surface area contributed by atoms with E-state index in [1.807, 2.05) is 0 Å². The van der Waals surface area contributed by atoms with E-state index in [4.69, 9.17) is 4.74 Å². The van der Waals surface area contributed by atoms with Gasteiger partial charge in [-0.05, 0) is 61.3 Å². The van der Waals surface area contributed by atoms with Gasteiger partial charge in [0, 0.05) is 12.1 Å². The van der Waals surface area contributed by atoms with Crippen molar-refractivity contribution in [2.75, 3.05) is 11.9 Å². The van der Waals surface area contributed by atoms with Crippen molar-refractivity contribution in [2.24, 2.45) is 17.8 Å². The Morgan fingerprint density at radius 3 is 2.59 bits per heavy atom. The number of carbonyl (C=O) groups excluding carboxylic acids is 2. The van der Waals surface area contributed by atoms with E-state index < -0.39 is 5.91 Å². The van der Waals surface area contributed by atoms with Gasteiger partial charge in [0.05, 0.1) is 0 Å². The minimum atomic E-state index is -0.409. The molecular weight excluding hydrogens is 285 g/mol. The zero-order valence-electron chi connectivity index (χ0n) is 12.4. The second-order valence-electron chi connectivity index (χ2n) is 6.35. The summed E-state index contributed by atoms with van der Waals surface area (Å²) in [5, 5.41) is 2.56. The Labute approximate surface area is 129 Å². The molecule has 2 saturated carbocycles. The summed E-state index contributed by atoms with van der Waals surface area (Å²) in [5.74, 6) is 0.830. The Kier molecular flexibility index (Phi) is 4.41. The lowest BCUT2D eigenvalue weighted by Gasteiger charge is -2.20. The zero-order valence-corrected chi connectivity index (χ0v) is 12.4. The number of benzene rings is 1. The molecule has 2 fully saturated rings. The lowest BCUT2D eigenvalue weighted by molar-refractivity contribution is -0.148. The third-order valence-electron chi connectivity index (χ3n) is 4.81. The molecule has 1 N–H and O–H groups in total. The molecule has 3 atom stereocenters. The molecular formula is C17H20FNO3. The van der Waals surface area contributed by atoms with Crippen LogP contribution >= 0.6 is 0 Å². The maximum absolute atomic E-state index is 12.8. The Morgan fingerprint density at radius 2 is 1.95 bits per heavy atom. The highest BCUT2D eigenvalue weighted by Gasteiger charge is 2.40. The highest BCUT2D eigenvalue weighted by Crippen LogP contribution is 2.49. The van der Waals surface area contributed by atoms with Crippen LogP contribution in [0, 0.1) is 23.6 Å². The summed E-state index contributed by atoms with van der Waals surface area (Å²) in [4.78, 5) is 23.5. The van der Waals surface area contributed by atoms with Crippen LogP contribution in [0.4, 0.5) is 10.1 Å². The van der Waals surface area contributed by atoms with Crippen molar-refractivity contribution in [2.45, 2.75) is 32.1 Å². The normalized spacial score (nSPS) is 26.0. The minimum Gasteiger partial charge on any atom is -0.456 e. The Hall–Kier alpha value is -1.91. The van der Waals surface area contributed by atoms with Crippen molar-refractivity contribution < 1.29 is 18.7 Å². The van der Waals surface area contributed by atoms with E-state index in [0.717, 1.165) is 12.3 Å². The fourth-order valence-electron chi connectivity index (χ4n) is 3.78. The molecule has 118 valence electrons. The van der Waals surface area contributed by atoms with Crippen LogP contribution in [0.2, 0.25) is 0 Å². The highest BCUT2D eigenvalue weighted by atomic mass is 19.1. The van der Waals surface area contributed by atoms with Crippen LogP contribution in [0.5, 0.6) is 0 Å². The molecule has 0 aromatic heterocycles. The summed E-state index contributed by atoms with van der Waals surface area (Å²) < 4.78 is 17.8. The molecule has 1 amide bonds. The molecule has 2 bridgehead atoms. The van der Waals surface area contributed by atoms with Gasteiger partial charge in [-0.3, -0.25) is 9.59 Å².